The first-order valence-electron chi connectivity index (χ1n) is 8.74. The van der Waals surface area contributed by atoms with Gasteiger partial charge < -0.3 is 10.2 Å². The van der Waals surface area contributed by atoms with Crippen LogP contribution in [0.25, 0.3) is 0 Å². The predicted molar refractivity (Wildman–Crippen MR) is 117 cm³/mol. The molecule has 27 heavy (non-hydrogen) atoms. The third-order valence-electron chi connectivity index (χ3n) is 4.28. The number of halogens is 1. The van der Waals surface area contributed by atoms with Crippen molar-refractivity contribution in [1.82, 2.24) is 15.8 Å². The van der Waals surface area contributed by atoms with Crippen LogP contribution >= 0.6 is 28.1 Å². The Labute approximate surface area is 173 Å². The second-order valence-electron chi connectivity index (χ2n) is 6.23. The van der Waals surface area contributed by atoms with Gasteiger partial charge in [0.15, 0.2) is 5.11 Å². The van der Waals surface area contributed by atoms with Crippen molar-refractivity contribution in [3.63, 3.8) is 0 Å². The molecule has 0 radical (unpaired) electrons. The summed E-state index contributed by atoms with van der Waals surface area (Å²) in [5.41, 5.74) is 7.47. The van der Waals surface area contributed by atoms with E-state index in [0.717, 1.165) is 36.3 Å². The van der Waals surface area contributed by atoms with Gasteiger partial charge in [-0.2, -0.15) is 0 Å². The van der Waals surface area contributed by atoms with Crippen molar-refractivity contribution >= 4 is 50.5 Å². The molecule has 1 fully saturated rings. The number of rotatable bonds is 4. The van der Waals surface area contributed by atoms with Crippen molar-refractivity contribution < 1.29 is 4.79 Å². The number of para-hydroxylation sites is 1. The summed E-state index contributed by atoms with van der Waals surface area (Å²) in [6.07, 6.45) is 0. The number of hydrogen-bond acceptors (Lipinski definition) is 4. The number of carbonyl (C=O) groups excluding carboxylic acids is 1. The molecular formula is C19H22BrN5OS. The van der Waals surface area contributed by atoms with Crippen LogP contribution in [0.3, 0.4) is 0 Å². The Morgan fingerprint density at radius 2 is 1.63 bits per heavy atom. The molecule has 3 rings (SSSR count). The van der Waals surface area contributed by atoms with E-state index in [1.165, 1.54) is 5.69 Å². The lowest BCUT2D eigenvalue weighted by Gasteiger charge is -2.35. The molecule has 0 saturated carbocycles. The van der Waals surface area contributed by atoms with Crippen molar-refractivity contribution in [2.75, 3.05) is 42.9 Å². The smallest absolute Gasteiger partial charge is 0.252 e. The Bertz CT molecular complexity index is 763. The van der Waals surface area contributed by atoms with E-state index in [4.69, 9.17) is 12.2 Å². The quantitative estimate of drug-likeness (QED) is 0.494. The molecule has 3 N–H and O–H groups in total. The topological polar surface area (TPSA) is 59.6 Å². The van der Waals surface area contributed by atoms with Crippen molar-refractivity contribution in [1.29, 1.82) is 0 Å². The highest BCUT2D eigenvalue weighted by Crippen LogP contribution is 2.15. The second-order valence-corrected chi connectivity index (χ2v) is 7.56. The van der Waals surface area contributed by atoms with Crippen molar-refractivity contribution in [2.45, 2.75) is 0 Å². The Morgan fingerprint density at radius 1 is 0.963 bits per heavy atom. The Kier molecular flexibility index (Phi) is 7.03. The van der Waals surface area contributed by atoms with E-state index in [2.05, 4.69) is 54.0 Å². The maximum absolute atomic E-state index is 12.1. The zero-order valence-corrected chi connectivity index (χ0v) is 17.2. The van der Waals surface area contributed by atoms with Gasteiger partial charge in [-0.3, -0.25) is 20.5 Å². The molecule has 1 heterocycles. The number of anilines is 2. The summed E-state index contributed by atoms with van der Waals surface area (Å²) in [5.74, 6) is -0.108. The molecule has 1 amide bonds. The normalized spacial score (nSPS) is 14.5. The Hall–Kier alpha value is -2.16. The van der Waals surface area contributed by atoms with E-state index in [-0.39, 0.29) is 5.91 Å². The van der Waals surface area contributed by atoms with E-state index >= 15 is 0 Å². The molecule has 2 aromatic rings. The van der Waals surface area contributed by atoms with Gasteiger partial charge in [-0.15, -0.1) is 0 Å². The average molecular weight is 448 g/mol. The van der Waals surface area contributed by atoms with Gasteiger partial charge in [-0.1, -0.05) is 34.1 Å². The molecule has 0 aliphatic carbocycles. The van der Waals surface area contributed by atoms with Crippen molar-refractivity contribution in [3.8, 4) is 0 Å². The first-order valence-corrected chi connectivity index (χ1v) is 9.94. The minimum Gasteiger partial charge on any atom is -0.369 e. The van der Waals surface area contributed by atoms with Crippen molar-refractivity contribution in [2.24, 2.45) is 0 Å². The van der Waals surface area contributed by atoms with Gasteiger partial charge in [0.05, 0.1) is 6.54 Å². The first-order chi connectivity index (χ1) is 13.1. The second kappa shape index (κ2) is 9.68. The lowest BCUT2D eigenvalue weighted by atomic mass is 10.2. The third-order valence-corrected chi connectivity index (χ3v) is 5.01. The third kappa shape index (κ3) is 6.20. The van der Waals surface area contributed by atoms with Gasteiger partial charge in [-0.05, 0) is 48.6 Å². The number of carbonyl (C=O) groups is 1. The molecule has 6 nitrogen and oxygen atoms in total. The van der Waals surface area contributed by atoms with E-state index < -0.39 is 0 Å². The molecule has 0 unspecified atom stereocenters. The summed E-state index contributed by atoms with van der Waals surface area (Å²) < 4.78 is 0.993. The number of hydrazine groups is 1. The zero-order valence-electron chi connectivity index (χ0n) is 14.8. The van der Waals surface area contributed by atoms with E-state index in [1.54, 1.807) is 0 Å². The molecular weight excluding hydrogens is 426 g/mol. The fraction of sp³-hybridized carbons (Fsp3) is 0.263. The van der Waals surface area contributed by atoms with Crippen LogP contribution in [-0.2, 0) is 4.79 Å². The largest absolute Gasteiger partial charge is 0.369 e. The number of piperazine rings is 1. The van der Waals surface area contributed by atoms with E-state index in [9.17, 15) is 4.79 Å². The summed E-state index contributed by atoms with van der Waals surface area (Å²) >= 11 is 8.58. The fourth-order valence-corrected chi connectivity index (χ4v) is 3.30. The number of nitrogens with one attached hydrogen (secondary N) is 3. The van der Waals surface area contributed by atoms with Crippen LogP contribution in [-0.4, -0.2) is 48.6 Å². The van der Waals surface area contributed by atoms with Gasteiger partial charge in [-0.25, -0.2) is 0 Å². The van der Waals surface area contributed by atoms with Crippen LogP contribution in [0.5, 0.6) is 0 Å². The summed E-state index contributed by atoms with van der Waals surface area (Å²) in [5, 5.41) is 3.36. The molecule has 8 heteroatoms. The summed E-state index contributed by atoms with van der Waals surface area (Å²) in [4.78, 5) is 16.6. The number of amides is 1. The average Bonchev–Trinajstić information content (AvgIpc) is 2.69. The van der Waals surface area contributed by atoms with Gasteiger partial charge in [0.1, 0.15) is 0 Å². The molecule has 0 spiro atoms. The monoisotopic (exact) mass is 447 g/mol. The molecule has 0 bridgehead atoms. The molecule has 1 aliphatic heterocycles. The summed E-state index contributed by atoms with van der Waals surface area (Å²) in [6.45, 7) is 3.87. The Morgan fingerprint density at radius 3 is 2.30 bits per heavy atom. The van der Waals surface area contributed by atoms with Crippen molar-refractivity contribution in [3.05, 3.63) is 59.1 Å². The molecule has 1 aliphatic rings. The van der Waals surface area contributed by atoms with Crippen LogP contribution in [0.1, 0.15) is 0 Å². The minimum atomic E-state index is -0.108. The molecule has 0 aromatic heterocycles. The lowest BCUT2D eigenvalue weighted by molar-refractivity contribution is -0.122. The highest BCUT2D eigenvalue weighted by atomic mass is 79.9. The molecule has 1 saturated heterocycles. The van der Waals surface area contributed by atoms with Crippen LogP contribution in [0.2, 0.25) is 0 Å². The van der Waals surface area contributed by atoms with Gasteiger partial charge in [0, 0.05) is 42.0 Å². The van der Waals surface area contributed by atoms with E-state index in [1.807, 2.05) is 42.5 Å². The van der Waals surface area contributed by atoms with Crippen LogP contribution < -0.4 is 21.1 Å². The van der Waals surface area contributed by atoms with E-state index in [0.29, 0.717) is 11.7 Å². The molecule has 2 aromatic carbocycles. The number of nitrogens with zero attached hydrogens (tertiary/aromatic N) is 2. The number of hydrogen-bond donors (Lipinski definition) is 3. The summed E-state index contributed by atoms with van der Waals surface area (Å²) in [7, 11) is 0. The SMILES string of the molecule is O=C(CN1CCN(c2ccccc2)CC1)NNC(=S)Nc1ccc(Br)cc1. The number of benzene rings is 2. The molecule has 142 valence electrons. The zero-order chi connectivity index (χ0) is 19.1. The van der Waals surface area contributed by atoms with Crippen LogP contribution in [0.15, 0.2) is 59.1 Å². The van der Waals surface area contributed by atoms with Gasteiger partial charge in [0.25, 0.3) is 5.91 Å². The van der Waals surface area contributed by atoms with Gasteiger partial charge in [0.2, 0.25) is 0 Å². The van der Waals surface area contributed by atoms with Crippen LogP contribution in [0, 0.1) is 0 Å². The highest BCUT2D eigenvalue weighted by Gasteiger charge is 2.19. The molecule has 0 atom stereocenters. The highest BCUT2D eigenvalue weighted by molar-refractivity contribution is 9.10. The van der Waals surface area contributed by atoms with Crippen LogP contribution in [0.4, 0.5) is 11.4 Å². The first kappa shape index (κ1) is 19.6. The standard InChI is InChI=1S/C19H22BrN5OS/c20-15-6-8-16(9-7-15)21-19(27)23-22-18(26)14-24-10-12-25(13-11-24)17-4-2-1-3-5-17/h1-9H,10-14H2,(H,22,26)(H2,21,23,27). The maximum Gasteiger partial charge on any atom is 0.252 e. The Balaban J connectivity index is 1.36. The predicted octanol–water partition coefficient (Wildman–Crippen LogP) is 2.59. The maximum atomic E-state index is 12.1. The fourth-order valence-electron chi connectivity index (χ4n) is 2.87. The summed E-state index contributed by atoms with van der Waals surface area (Å²) in [6, 6.07) is 18.0. The van der Waals surface area contributed by atoms with Gasteiger partial charge >= 0.3 is 0 Å². The number of thiocarbonyl (C=S) groups is 1. The lowest BCUT2D eigenvalue weighted by Crippen LogP contribution is -2.52. The minimum absolute atomic E-state index is 0.108.